The highest BCUT2D eigenvalue weighted by Crippen LogP contribution is 2.07. The lowest BCUT2D eigenvalue weighted by Gasteiger charge is -2.00. The van der Waals surface area contributed by atoms with Crippen LogP contribution in [0.1, 0.15) is 5.56 Å². The van der Waals surface area contributed by atoms with Gasteiger partial charge in [0.05, 0.1) is 11.3 Å². The van der Waals surface area contributed by atoms with Crippen LogP contribution >= 0.6 is 0 Å². The fourth-order valence-electron chi connectivity index (χ4n) is 1.31. The van der Waals surface area contributed by atoms with Gasteiger partial charge in [-0.05, 0) is 24.3 Å². The number of hydrogen-bond donors (Lipinski definition) is 2. The second-order valence-corrected chi connectivity index (χ2v) is 3.15. The summed E-state index contributed by atoms with van der Waals surface area (Å²) < 4.78 is 14.2. The Hall–Kier alpha value is -1.88. The topological polar surface area (TPSA) is 63.8 Å². The average molecular weight is 207 g/mol. The molecule has 3 N–H and O–H groups in total. The predicted octanol–water partition coefficient (Wildman–Crippen LogP) is 0.763. The standard InChI is InChI=1S/C10H10FN3O/c11-8-1-3-9(4-2-8)14-6-7(5-12)10(15)13-14/h1-4,6H,5,12H2,(H,13,15). The van der Waals surface area contributed by atoms with Gasteiger partial charge in [-0.3, -0.25) is 14.6 Å². The van der Waals surface area contributed by atoms with Crippen LogP contribution in [0.3, 0.4) is 0 Å². The van der Waals surface area contributed by atoms with Gasteiger partial charge in [0.1, 0.15) is 5.82 Å². The molecule has 15 heavy (non-hydrogen) atoms. The maximum absolute atomic E-state index is 12.7. The van der Waals surface area contributed by atoms with Crippen LogP contribution in [0.5, 0.6) is 0 Å². The van der Waals surface area contributed by atoms with Crippen LogP contribution < -0.4 is 11.3 Å². The molecule has 2 rings (SSSR count). The molecule has 0 atom stereocenters. The van der Waals surface area contributed by atoms with Crippen LogP contribution in [-0.2, 0) is 6.54 Å². The minimum atomic E-state index is -0.313. The van der Waals surface area contributed by atoms with Gasteiger partial charge < -0.3 is 5.73 Å². The van der Waals surface area contributed by atoms with E-state index in [-0.39, 0.29) is 17.9 Å². The van der Waals surface area contributed by atoms with Gasteiger partial charge in [0.25, 0.3) is 5.56 Å². The number of rotatable bonds is 2. The maximum atomic E-state index is 12.7. The maximum Gasteiger partial charge on any atom is 0.268 e. The van der Waals surface area contributed by atoms with Crippen LogP contribution in [-0.4, -0.2) is 9.78 Å². The third-order valence-corrected chi connectivity index (χ3v) is 2.12. The number of aromatic amines is 1. The lowest BCUT2D eigenvalue weighted by molar-refractivity contribution is 0.627. The van der Waals surface area contributed by atoms with E-state index < -0.39 is 0 Å². The largest absolute Gasteiger partial charge is 0.326 e. The van der Waals surface area contributed by atoms with E-state index in [0.29, 0.717) is 11.3 Å². The van der Waals surface area contributed by atoms with Crippen molar-refractivity contribution in [3.05, 3.63) is 52.2 Å². The van der Waals surface area contributed by atoms with Crippen LogP contribution in [0.15, 0.2) is 35.3 Å². The Balaban J connectivity index is 2.45. The van der Waals surface area contributed by atoms with Crippen molar-refractivity contribution in [2.75, 3.05) is 0 Å². The monoisotopic (exact) mass is 207 g/mol. The van der Waals surface area contributed by atoms with Crippen molar-refractivity contribution in [3.8, 4) is 5.69 Å². The van der Waals surface area contributed by atoms with Crippen molar-refractivity contribution in [2.45, 2.75) is 6.54 Å². The zero-order valence-corrected chi connectivity index (χ0v) is 7.90. The second-order valence-electron chi connectivity index (χ2n) is 3.15. The van der Waals surface area contributed by atoms with Gasteiger partial charge in [-0.1, -0.05) is 0 Å². The molecule has 0 aliphatic carbocycles. The molecule has 0 spiro atoms. The predicted molar refractivity (Wildman–Crippen MR) is 54.2 cm³/mol. The molecule has 0 amide bonds. The number of benzene rings is 1. The molecule has 2 aromatic rings. The van der Waals surface area contributed by atoms with Gasteiger partial charge in [0.2, 0.25) is 0 Å². The Morgan fingerprint density at radius 1 is 1.33 bits per heavy atom. The van der Waals surface area contributed by atoms with Gasteiger partial charge in [0.15, 0.2) is 0 Å². The molecule has 78 valence electrons. The lowest BCUT2D eigenvalue weighted by Crippen LogP contribution is -2.10. The summed E-state index contributed by atoms with van der Waals surface area (Å²) in [6, 6.07) is 5.81. The minimum Gasteiger partial charge on any atom is -0.326 e. The van der Waals surface area contributed by atoms with E-state index in [0.717, 1.165) is 0 Å². The first-order valence-electron chi connectivity index (χ1n) is 4.47. The van der Waals surface area contributed by atoms with E-state index in [4.69, 9.17) is 5.73 Å². The summed E-state index contributed by atoms with van der Waals surface area (Å²) in [4.78, 5) is 11.3. The summed E-state index contributed by atoms with van der Waals surface area (Å²) in [5, 5.41) is 2.59. The number of nitrogens with one attached hydrogen (secondary N) is 1. The van der Waals surface area contributed by atoms with Gasteiger partial charge in [-0.25, -0.2) is 4.39 Å². The highest BCUT2D eigenvalue weighted by Gasteiger charge is 2.03. The molecule has 0 saturated carbocycles. The highest BCUT2D eigenvalue weighted by atomic mass is 19.1. The van der Waals surface area contributed by atoms with Crippen LogP contribution in [0.4, 0.5) is 4.39 Å². The molecule has 1 aromatic heterocycles. The molecular formula is C10H10FN3O. The Kier molecular flexibility index (Phi) is 2.39. The summed E-state index contributed by atoms with van der Waals surface area (Å²) >= 11 is 0. The SMILES string of the molecule is NCc1cn(-c2ccc(F)cc2)[nH]c1=O. The zero-order chi connectivity index (χ0) is 10.8. The molecule has 0 unspecified atom stereocenters. The Labute approximate surface area is 85.1 Å². The molecule has 5 heteroatoms. The molecular weight excluding hydrogens is 197 g/mol. The quantitative estimate of drug-likeness (QED) is 0.763. The zero-order valence-electron chi connectivity index (χ0n) is 7.90. The van der Waals surface area contributed by atoms with E-state index in [1.54, 1.807) is 18.3 Å². The highest BCUT2D eigenvalue weighted by molar-refractivity contribution is 5.31. The third-order valence-electron chi connectivity index (χ3n) is 2.12. The van der Waals surface area contributed by atoms with Crippen LogP contribution in [0.2, 0.25) is 0 Å². The molecule has 1 aromatic carbocycles. The van der Waals surface area contributed by atoms with Gasteiger partial charge in [-0.2, -0.15) is 0 Å². The van der Waals surface area contributed by atoms with Crippen LogP contribution in [0, 0.1) is 5.82 Å². The summed E-state index contributed by atoms with van der Waals surface area (Å²) in [7, 11) is 0. The molecule has 0 fully saturated rings. The molecule has 0 radical (unpaired) electrons. The normalized spacial score (nSPS) is 10.5. The number of hydrogen-bond acceptors (Lipinski definition) is 2. The number of halogens is 1. The molecule has 0 aliphatic rings. The molecule has 4 nitrogen and oxygen atoms in total. The minimum absolute atomic E-state index is 0.184. The summed E-state index contributed by atoms with van der Waals surface area (Å²) in [6.07, 6.45) is 1.61. The summed E-state index contributed by atoms with van der Waals surface area (Å²) in [5.74, 6) is -0.313. The fourth-order valence-corrected chi connectivity index (χ4v) is 1.31. The van der Waals surface area contributed by atoms with E-state index >= 15 is 0 Å². The van der Waals surface area contributed by atoms with Gasteiger partial charge in [0, 0.05) is 12.7 Å². The smallest absolute Gasteiger partial charge is 0.268 e. The Morgan fingerprint density at radius 2 is 2.00 bits per heavy atom. The van der Waals surface area contributed by atoms with E-state index in [2.05, 4.69) is 5.10 Å². The first-order valence-corrected chi connectivity index (χ1v) is 4.47. The first kappa shape index (κ1) is 9.67. The molecule has 0 saturated heterocycles. The molecule has 0 bridgehead atoms. The summed E-state index contributed by atoms with van der Waals surface area (Å²) in [6.45, 7) is 0.184. The number of aromatic nitrogens is 2. The first-order chi connectivity index (χ1) is 7.20. The van der Waals surface area contributed by atoms with Crippen molar-refractivity contribution < 1.29 is 4.39 Å². The van der Waals surface area contributed by atoms with Crippen molar-refractivity contribution >= 4 is 0 Å². The second kappa shape index (κ2) is 3.70. The summed E-state index contributed by atoms with van der Waals surface area (Å²) in [5.41, 5.74) is 6.34. The van der Waals surface area contributed by atoms with Crippen molar-refractivity contribution in [2.24, 2.45) is 5.73 Å². The van der Waals surface area contributed by atoms with Crippen molar-refractivity contribution in [1.29, 1.82) is 0 Å². The fraction of sp³-hybridized carbons (Fsp3) is 0.100. The van der Waals surface area contributed by atoms with Crippen LogP contribution in [0.25, 0.3) is 5.69 Å². The molecule has 1 heterocycles. The van der Waals surface area contributed by atoms with Gasteiger partial charge in [-0.15, -0.1) is 0 Å². The Bertz CT molecular complexity index is 512. The number of H-pyrrole nitrogens is 1. The lowest BCUT2D eigenvalue weighted by atomic mass is 10.3. The average Bonchev–Trinajstić information content (AvgIpc) is 2.61. The third kappa shape index (κ3) is 1.82. The van der Waals surface area contributed by atoms with Gasteiger partial charge >= 0.3 is 0 Å². The van der Waals surface area contributed by atoms with Crippen molar-refractivity contribution in [1.82, 2.24) is 9.78 Å². The van der Waals surface area contributed by atoms with E-state index in [1.807, 2.05) is 0 Å². The Morgan fingerprint density at radius 3 is 2.53 bits per heavy atom. The van der Waals surface area contributed by atoms with E-state index in [9.17, 15) is 9.18 Å². The van der Waals surface area contributed by atoms with Crippen molar-refractivity contribution in [3.63, 3.8) is 0 Å². The number of nitrogens with zero attached hydrogens (tertiary/aromatic N) is 1. The van der Waals surface area contributed by atoms with E-state index in [1.165, 1.54) is 16.8 Å². The molecule has 0 aliphatic heterocycles. The number of nitrogens with two attached hydrogens (primary N) is 1.